The van der Waals surface area contributed by atoms with E-state index in [1.165, 1.54) is 0 Å². The molecule has 1 unspecified atom stereocenters. The van der Waals surface area contributed by atoms with Crippen molar-refractivity contribution in [3.63, 3.8) is 0 Å². The smallest absolute Gasteiger partial charge is 0.335 e. The van der Waals surface area contributed by atoms with Crippen molar-refractivity contribution in [1.29, 1.82) is 0 Å². The zero-order chi connectivity index (χ0) is 14.4. The molecule has 0 aliphatic rings. The van der Waals surface area contributed by atoms with Crippen molar-refractivity contribution in [3.8, 4) is 0 Å². The van der Waals surface area contributed by atoms with Gasteiger partial charge in [0.25, 0.3) is 0 Å². The number of halogens is 1. The van der Waals surface area contributed by atoms with Crippen molar-refractivity contribution in [1.82, 2.24) is 5.32 Å². The third-order valence-corrected chi connectivity index (χ3v) is 3.05. The van der Waals surface area contributed by atoms with Crippen LogP contribution in [0.5, 0.6) is 0 Å². The van der Waals surface area contributed by atoms with Gasteiger partial charge >= 0.3 is 5.97 Å². The van der Waals surface area contributed by atoms with Gasteiger partial charge in [-0.3, -0.25) is 0 Å². The van der Waals surface area contributed by atoms with Crippen LogP contribution >= 0.6 is 0 Å². The van der Waals surface area contributed by atoms with Crippen molar-refractivity contribution in [2.24, 2.45) is 0 Å². The molecule has 0 bridgehead atoms. The van der Waals surface area contributed by atoms with Crippen molar-refractivity contribution < 1.29 is 27.4 Å². The second-order valence-corrected chi connectivity index (χ2v) is 4.56. The van der Waals surface area contributed by atoms with Crippen LogP contribution in [0.1, 0.15) is 27.6 Å². The maximum absolute atomic E-state index is 10.7. The summed E-state index contributed by atoms with van der Waals surface area (Å²) in [4.78, 5) is 10.7. The minimum Gasteiger partial charge on any atom is -1.00 e. The van der Waals surface area contributed by atoms with Crippen LogP contribution in [0.15, 0.2) is 54.6 Å². The summed E-state index contributed by atoms with van der Waals surface area (Å²) in [5.41, 5.74) is 2.13. The molecular formula is C16H17ClNO3-. The molecule has 0 spiro atoms. The van der Waals surface area contributed by atoms with Crippen LogP contribution < -0.4 is 17.7 Å². The van der Waals surface area contributed by atoms with E-state index in [-0.39, 0.29) is 18.0 Å². The second-order valence-electron chi connectivity index (χ2n) is 4.56. The standard InChI is InChI=1S/C16H17NO3.ClH/c18-15(13-4-2-1-3-5-13)11-17-10-12-6-8-14(9-7-12)16(19)20;/h1-9,15,17-18H,10-11H2,(H,19,20);1H/p-1. The summed E-state index contributed by atoms with van der Waals surface area (Å²) in [6, 6.07) is 16.2. The number of aliphatic hydroxyl groups is 1. The Kier molecular flexibility index (Phi) is 6.88. The lowest BCUT2D eigenvalue weighted by atomic mass is 10.1. The Hall–Kier alpha value is -1.88. The van der Waals surface area contributed by atoms with E-state index in [1.807, 2.05) is 30.3 Å². The molecule has 112 valence electrons. The molecule has 21 heavy (non-hydrogen) atoms. The quantitative estimate of drug-likeness (QED) is 0.654. The molecule has 2 aromatic carbocycles. The van der Waals surface area contributed by atoms with Gasteiger partial charge in [-0.1, -0.05) is 42.5 Å². The lowest BCUT2D eigenvalue weighted by Crippen LogP contribution is -3.00. The van der Waals surface area contributed by atoms with Gasteiger partial charge < -0.3 is 27.9 Å². The van der Waals surface area contributed by atoms with Gasteiger partial charge in [0.15, 0.2) is 0 Å². The molecule has 4 nitrogen and oxygen atoms in total. The van der Waals surface area contributed by atoms with E-state index >= 15 is 0 Å². The first-order chi connectivity index (χ1) is 9.66. The van der Waals surface area contributed by atoms with E-state index in [4.69, 9.17) is 5.11 Å². The summed E-state index contributed by atoms with van der Waals surface area (Å²) in [6.07, 6.45) is -0.547. The monoisotopic (exact) mass is 306 g/mol. The van der Waals surface area contributed by atoms with Crippen LogP contribution in [0.2, 0.25) is 0 Å². The Morgan fingerprint density at radius 2 is 1.67 bits per heavy atom. The molecule has 0 aliphatic heterocycles. The largest absolute Gasteiger partial charge is 1.00 e. The van der Waals surface area contributed by atoms with E-state index in [1.54, 1.807) is 24.3 Å². The SMILES string of the molecule is O=C(O)c1ccc(CNCC(O)c2ccccc2)cc1.[Cl-]. The molecule has 5 heteroatoms. The van der Waals surface area contributed by atoms with Gasteiger partial charge in [-0.2, -0.15) is 0 Å². The third kappa shape index (κ3) is 5.19. The Balaban J connectivity index is 0.00000220. The number of hydrogen-bond donors (Lipinski definition) is 3. The Bertz CT molecular complexity index is 557. The van der Waals surface area contributed by atoms with E-state index in [0.717, 1.165) is 11.1 Å². The average Bonchev–Trinajstić information content (AvgIpc) is 2.48. The number of rotatable bonds is 6. The van der Waals surface area contributed by atoms with Crippen LogP contribution in [-0.2, 0) is 6.54 Å². The second kappa shape index (κ2) is 8.42. The van der Waals surface area contributed by atoms with Crippen LogP contribution in [-0.4, -0.2) is 22.7 Å². The van der Waals surface area contributed by atoms with E-state index in [0.29, 0.717) is 13.1 Å². The topological polar surface area (TPSA) is 69.6 Å². The van der Waals surface area contributed by atoms with Crippen LogP contribution in [0.3, 0.4) is 0 Å². The van der Waals surface area contributed by atoms with Gasteiger partial charge in [0.2, 0.25) is 0 Å². The fraction of sp³-hybridized carbons (Fsp3) is 0.188. The highest BCUT2D eigenvalue weighted by atomic mass is 35.5. The number of aliphatic hydroxyl groups excluding tert-OH is 1. The Morgan fingerprint density at radius 1 is 1.05 bits per heavy atom. The maximum atomic E-state index is 10.7. The number of carbonyl (C=O) groups is 1. The maximum Gasteiger partial charge on any atom is 0.335 e. The van der Waals surface area contributed by atoms with Crippen molar-refractivity contribution in [2.75, 3.05) is 6.54 Å². The molecular weight excluding hydrogens is 290 g/mol. The summed E-state index contributed by atoms with van der Waals surface area (Å²) < 4.78 is 0. The first-order valence-electron chi connectivity index (χ1n) is 6.43. The molecule has 0 saturated heterocycles. The van der Waals surface area contributed by atoms with Gasteiger partial charge in [0, 0.05) is 13.1 Å². The van der Waals surface area contributed by atoms with E-state index in [2.05, 4.69) is 5.32 Å². The van der Waals surface area contributed by atoms with Gasteiger partial charge in [-0.15, -0.1) is 0 Å². The predicted octanol–water partition coefficient (Wildman–Crippen LogP) is -0.788. The Morgan fingerprint density at radius 3 is 2.24 bits per heavy atom. The lowest BCUT2D eigenvalue weighted by Gasteiger charge is -2.12. The molecule has 0 aliphatic carbocycles. The third-order valence-electron chi connectivity index (χ3n) is 3.05. The molecule has 3 N–H and O–H groups in total. The lowest BCUT2D eigenvalue weighted by molar-refractivity contribution is -0.0000212. The molecule has 0 aromatic heterocycles. The summed E-state index contributed by atoms with van der Waals surface area (Å²) >= 11 is 0. The molecule has 2 aromatic rings. The first-order valence-corrected chi connectivity index (χ1v) is 6.43. The van der Waals surface area contributed by atoms with Crippen molar-refractivity contribution in [3.05, 3.63) is 71.3 Å². The first kappa shape index (κ1) is 17.2. The number of nitrogens with one attached hydrogen (secondary N) is 1. The number of carboxylic acid groups (broad SMARTS) is 1. The van der Waals surface area contributed by atoms with Crippen LogP contribution in [0, 0.1) is 0 Å². The van der Waals surface area contributed by atoms with Crippen LogP contribution in [0.4, 0.5) is 0 Å². The zero-order valence-corrected chi connectivity index (χ0v) is 12.1. The highest BCUT2D eigenvalue weighted by molar-refractivity contribution is 5.87. The van der Waals surface area contributed by atoms with Crippen molar-refractivity contribution >= 4 is 5.97 Å². The molecule has 2 rings (SSSR count). The van der Waals surface area contributed by atoms with E-state index < -0.39 is 12.1 Å². The molecule has 0 radical (unpaired) electrons. The fourth-order valence-corrected chi connectivity index (χ4v) is 1.91. The zero-order valence-electron chi connectivity index (χ0n) is 11.4. The van der Waals surface area contributed by atoms with Gasteiger partial charge in [-0.25, -0.2) is 4.79 Å². The number of aromatic carboxylic acids is 1. The van der Waals surface area contributed by atoms with Gasteiger partial charge in [0.1, 0.15) is 0 Å². The number of carboxylic acids is 1. The summed E-state index contributed by atoms with van der Waals surface area (Å²) in [6.45, 7) is 1.04. The van der Waals surface area contributed by atoms with E-state index in [9.17, 15) is 9.90 Å². The Labute approximate surface area is 129 Å². The minimum atomic E-state index is -0.927. The highest BCUT2D eigenvalue weighted by Gasteiger charge is 2.06. The predicted molar refractivity (Wildman–Crippen MR) is 76.5 cm³/mol. The van der Waals surface area contributed by atoms with Crippen LogP contribution in [0.25, 0.3) is 0 Å². The van der Waals surface area contributed by atoms with Gasteiger partial charge in [0.05, 0.1) is 11.7 Å². The highest BCUT2D eigenvalue weighted by Crippen LogP contribution is 2.11. The summed E-state index contributed by atoms with van der Waals surface area (Å²) in [5.74, 6) is -0.927. The number of benzene rings is 2. The summed E-state index contributed by atoms with van der Waals surface area (Å²) in [7, 11) is 0. The fourth-order valence-electron chi connectivity index (χ4n) is 1.91. The molecule has 0 fully saturated rings. The average molecular weight is 307 g/mol. The van der Waals surface area contributed by atoms with Gasteiger partial charge in [-0.05, 0) is 23.3 Å². The molecule has 0 heterocycles. The molecule has 0 amide bonds. The molecule has 1 atom stereocenters. The normalized spacial score (nSPS) is 11.5. The number of hydrogen-bond acceptors (Lipinski definition) is 3. The van der Waals surface area contributed by atoms with Crippen molar-refractivity contribution in [2.45, 2.75) is 12.6 Å². The molecule has 0 saturated carbocycles. The summed E-state index contributed by atoms with van der Waals surface area (Å²) in [5, 5.41) is 21.9. The minimum absolute atomic E-state index is 0.